The van der Waals surface area contributed by atoms with Crippen LogP contribution in [0.25, 0.3) is 0 Å². The molecule has 0 fully saturated rings. The highest BCUT2D eigenvalue weighted by molar-refractivity contribution is 6.42. The van der Waals surface area contributed by atoms with Crippen LogP contribution in [0.2, 0.25) is 10.0 Å². The van der Waals surface area contributed by atoms with Gasteiger partial charge >= 0.3 is 0 Å². The number of rotatable bonds is 2. The number of halogens is 2. The standard InChI is InChI=1S/C10H8Cl2O/c1-2-3-10(13)7-4-5-8(11)9(12)6-7/h1,4-6,10,13H,3H2. The van der Waals surface area contributed by atoms with Gasteiger partial charge in [0.2, 0.25) is 0 Å². The molecule has 1 atom stereocenters. The van der Waals surface area contributed by atoms with Crippen molar-refractivity contribution in [3.05, 3.63) is 33.8 Å². The minimum Gasteiger partial charge on any atom is -0.387 e. The summed E-state index contributed by atoms with van der Waals surface area (Å²) >= 11 is 11.5. The van der Waals surface area contributed by atoms with Crippen LogP contribution in [0.4, 0.5) is 0 Å². The van der Waals surface area contributed by atoms with Gasteiger partial charge in [-0.1, -0.05) is 29.3 Å². The number of hydrogen-bond donors (Lipinski definition) is 1. The maximum atomic E-state index is 9.49. The Hall–Kier alpha value is -0.680. The van der Waals surface area contributed by atoms with E-state index >= 15 is 0 Å². The van der Waals surface area contributed by atoms with Gasteiger partial charge in [0.1, 0.15) is 0 Å². The zero-order chi connectivity index (χ0) is 9.84. The minimum absolute atomic E-state index is 0.276. The lowest BCUT2D eigenvalue weighted by Gasteiger charge is -2.07. The van der Waals surface area contributed by atoms with Crippen LogP contribution >= 0.6 is 23.2 Å². The van der Waals surface area contributed by atoms with Crippen LogP contribution in [0.3, 0.4) is 0 Å². The van der Waals surface area contributed by atoms with Crippen molar-refractivity contribution in [2.75, 3.05) is 0 Å². The first kappa shape index (κ1) is 10.4. The Morgan fingerprint density at radius 1 is 1.38 bits per heavy atom. The molecule has 0 saturated carbocycles. The molecule has 0 aromatic heterocycles. The van der Waals surface area contributed by atoms with Crippen molar-refractivity contribution < 1.29 is 5.11 Å². The highest BCUT2D eigenvalue weighted by Gasteiger charge is 2.07. The second kappa shape index (κ2) is 4.53. The topological polar surface area (TPSA) is 20.2 Å². The molecule has 1 rings (SSSR count). The number of hydrogen-bond acceptors (Lipinski definition) is 1. The third-order valence-corrected chi connectivity index (χ3v) is 2.38. The average molecular weight is 215 g/mol. The van der Waals surface area contributed by atoms with E-state index in [1.807, 2.05) is 0 Å². The first-order chi connectivity index (χ1) is 6.15. The third kappa shape index (κ3) is 2.63. The van der Waals surface area contributed by atoms with E-state index in [-0.39, 0.29) is 6.42 Å². The van der Waals surface area contributed by atoms with E-state index in [0.717, 1.165) is 0 Å². The Kier molecular flexibility index (Phi) is 3.62. The zero-order valence-corrected chi connectivity index (χ0v) is 8.31. The fourth-order valence-electron chi connectivity index (χ4n) is 0.949. The van der Waals surface area contributed by atoms with Gasteiger partial charge in [-0.2, -0.15) is 0 Å². The minimum atomic E-state index is -0.667. The second-order valence-electron chi connectivity index (χ2n) is 2.60. The molecule has 0 aliphatic carbocycles. The molecule has 0 spiro atoms. The summed E-state index contributed by atoms with van der Waals surface area (Å²) in [6.07, 6.45) is 4.67. The molecule has 68 valence electrons. The van der Waals surface area contributed by atoms with Gasteiger partial charge in [0.15, 0.2) is 0 Å². The Bertz CT molecular complexity index is 341. The van der Waals surface area contributed by atoms with Gasteiger partial charge in [0.05, 0.1) is 16.1 Å². The van der Waals surface area contributed by atoms with Crippen LogP contribution in [0.1, 0.15) is 18.1 Å². The quantitative estimate of drug-likeness (QED) is 0.751. The first-order valence-electron chi connectivity index (χ1n) is 3.71. The fourth-order valence-corrected chi connectivity index (χ4v) is 1.26. The van der Waals surface area contributed by atoms with Crippen LogP contribution in [0.5, 0.6) is 0 Å². The monoisotopic (exact) mass is 214 g/mol. The van der Waals surface area contributed by atoms with E-state index in [0.29, 0.717) is 15.6 Å². The summed E-state index contributed by atoms with van der Waals surface area (Å²) in [7, 11) is 0. The van der Waals surface area contributed by atoms with Gasteiger partial charge in [-0.3, -0.25) is 0 Å². The Balaban J connectivity index is 2.91. The molecule has 3 heteroatoms. The van der Waals surface area contributed by atoms with Crippen molar-refractivity contribution in [1.82, 2.24) is 0 Å². The SMILES string of the molecule is C#CCC(O)c1ccc(Cl)c(Cl)c1. The van der Waals surface area contributed by atoms with Crippen molar-refractivity contribution >= 4 is 23.2 Å². The molecule has 0 aliphatic rings. The number of terminal acetylenes is 1. The predicted octanol–water partition coefficient (Wildman–Crippen LogP) is 3.05. The van der Waals surface area contributed by atoms with Gasteiger partial charge in [-0.05, 0) is 17.7 Å². The molecule has 1 aromatic rings. The molecule has 1 unspecified atom stereocenters. The lowest BCUT2D eigenvalue weighted by atomic mass is 10.1. The molecule has 0 heterocycles. The van der Waals surface area contributed by atoms with Crippen molar-refractivity contribution in [2.24, 2.45) is 0 Å². The highest BCUT2D eigenvalue weighted by atomic mass is 35.5. The molecule has 13 heavy (non-hydrogen) atoms. The van der Waals surface area contributed by atoms with Crippen LogP contribution in [-0.2, 0) is 0 Å². The Morgan fingerprint density at radius 3 is 2.62 bits per heavy atom. The molecule has 0 saturated heterocycles. The second-order valence-corrected chi connectivity index (χ2v) is 3.41. The summed E-state index contributed by atoms with van der Waals surface area (Å²) in [5, 5.41) is 10.4. The summed E-state index contributed by atoms with van der Waals surface area (Å²) in [4.78, 5) is 0. The maximum absolute atomic E-state index is 9.49. The van der Waals surface area contributed by atoms with Crippen molar-refractivity contribution in [3.8, 4) is 12.3 Å². The van der Waals surface area contributed by atoms with E-state index in [4.69, 9.17) is 29.6 Å². The van der Waals surface area contributed by atoms with E-state index in [9.17, 15) is 5.11 Å². The summed E-state index contributed by atoms with van der Waals surface area (Å²) in [5.74, 6) is 2.37. The molecule has 1 N–H and O–H groups in total. The van der Waals surface area contributed by atoms with Crippen LogP contribution < -0.4 is 0 Å². The lowest BCUT2D eigenvalue weighted by molar-refractivity contribution is 0.184. The summed E-state index contributed by atoms with van der Waals surface area (Å²) in [6, 6.07) is 4.96. The molecule has 1 nitrogen and oxygen atoms in total. The molecule has 1 aromatic carbocycles. The molecule has 0 radical (unpaired) electrons. The van der Waals surface area contributed by atoms with Crippen molar-refractivity contribution in [3.63, 3.8) is 0 Å². The third-order valence-electron chi connectivity index (χ3n) is 1.64. The highest BCUT2D eigenvalue weighted by Crippen LogP contribution is 2.26. The molecule has 0 bridgehead atoms. The van der Waals surface area contributed by atoms with Gasteiger partial charge in [-0.15, -0.1) is 12.3 Å². The first-order valence-corrected chi connectivity index (χ1v) is 4.47. The van der Waals surface area contributed by atoms with Gasteiger partial charge in [-0.25, -0.2) is 0 Å². The van der Waals surface area contributed by atoms with Crippen LogP contribution in [0.15, 0.2) is 18.2 Å². The molecular weight excluding hydrogens is 207 g/mol. The van der Waals surface area contributed by atoms with Gasteiger partial charge < -0.3 is 5.11 Å². The number of benzene rings is 1. The Morgan fingerprint density at radius 2 is 2.08 bits per heavy atom. The van der Waals surface area contributed by atoms with E-state index in [1.54, 1.807) is 18.2 Å². The van der Waals surface area contributed by atoms with Crippen LogP contribution in [-0.4, -0.2) is 5.11 Å². The van der Waals surface area contributed by atoms with E-state index in [2.05, 4.69) is 5.92 Å². The average Bonchev–Trinajstić information content (AvgIpc) is 2.10. The largest absolute Gasteiger partial charge is 0.387 e. The number of aliphatic hydroxyl groups is 1. The van der Waals surface area contributed by atoms with Gasteiger partial charge in [0, 0.05) is 6.42 Å². The fraction of sp³-hybridized carbons (Fsp3) is 0.200. The zero-order valence-electron chi connectivity index (χ0n) is 6.80. The normalized spacial score (nSPS) is 12.2. The van der Waals surface area contributed by atoms with Crippen molar-refractivity contribution in [1.29, 1.82) is 0 Å². The summed E-state index contributed by atoms with van der Waals surface area (Å²) in [5.41, 5.74) is 0.687. The van der Waals surface area contributed by atoms with Crippen LogP contribution in [0, 0.1) is 12.3 Å². The van der Waals surface area contributed by atoms with Crippen molar-refractivity contribution in [2.45, 2.75) is 12.5 Å². The van der Waals surface area contributed by atoms with E-state index < -0.39 is 6.10 Å². The Labute approximate surface area is 87.3 Å². The number of aliphatic hydroxyl groups excluding tert-OH is 1. The van der Waals surface area contributed by atoms with E-state index in [1.165, 1.54) is 0 Å². The predicted molar refractivity (Wildman–Crippen MR) is 54.9 cm³/mol. The summed E-state index contributed by atoms with van der Waals surface area (Å²) < 4.78 is 0. The molecule has 0 amide bonds. The lowest BCUT2D eigenvalue weighted by Crippen LogP contribution is -1.95. The molecule has 0 aliphatic heterocycles. The maximum Gasteiger partial charge on any atom is 0.0899 e. The smallest absolute Gasteiger partial charge is 0.0899 e. The summed E-state index contributed by atoms with van der Waals surface area (Å²) in [6.45, 7) is 0. The molecular formula is C10H8Cl2O. The van der Waals surface area contributed by atoms with Gasteiger partial charge in [0.25, 0.3) is 0 Å².